The van der Waals surface area contributed by atoms with Crippen LogP contribution < -0.4 is 24.8 Å². The molecule has 0 bridgehead atoms. The Balaban J connectivity index is 1.20. The lowest BCUT2D eigenvalue weighted by Gasteiger charge is -2.35. The number of hydrogen-bond donors (Lipinski definition) is 4. The van der Waals surface area contributed by atoms with Gasteiger partial charge in [0.05, 0.1) is 24.9 Å². The lowest BCUT2D eigenvalue weighted by molar-refractivity contribution is -0.141. The van der Waals surface area contributed by atoms with Crippen LogP contribution in [0.5, 0.6) is 11.5 Å². The van der Waals surface area contributed by atoms with Crippen LogP contribution in [-0.2, 0) is 14.4 Å². The van der Waals surface area contributed by atoms with E-state index in [2.05, 4.69) is 20.7 Å². The molecule has 4 N–H and O–H groups in total. The number of amides is 5. The summed E-state index contributed by atoms with van der Waals surface area (Å²) in [6.07, 6.45) is 9.01. The summed E-state index contributed by atoms with van der Waals surface area (Å²) in [6, 6.07) is 3.41. The first-order chi connectivity index (χ1) is 28.6. The van der Waals surface area contributed by atoms with Crippen LogP contribution in [0.4, 0.5) is 4.79 Å². The molecular weight excluding hydrogens is 801 g/mol. The predicted octanol–water partition coefficient (Wildman–Crippen LogP) is 7.13. The summed E-state index contributed by atoms with van der Waals surface area (Å²) in [5, 5.41) is 17.6. The fourth-order valence-electron chi connectivity index (χ4n) is 7.80. The van der Waals surface area contributed by atoms with Crippen LogP contribution in [0.25, 0.3) is 21.6 Å². The fraction of sp³-hybridized carbons (Fsp3) is 0.614. The van der Waals surface area contributed by atoms with Crippen molar-refractivity contribution in [2.75, 3.05) is 20.7 Å². The number of thiazole rings is 1. The molecule has 7 rings (SSSR count). The molecule has 1 saturated heterocycles. The molecule has 60 heavy (non-hydrogen) atoms. The molecule has 324 valence electrons. The van der Waals surface area contributed by atoms with Crippen molar-refractivity contribution >= 4 is 64.2 Å². The van der Waals surface area contributed by atoms with Crippen molar-refractivity contribution in [3.63, 3.8) is 0 Å². The Labute approximate surface area is 361 Å². The Kier molecular flexibility index (Phi) is 13.0. The van der Waals surface area contributed by atoms with E-state index in [1.54, 1.807) is 35.3 Å². The molecule has 5 unspecified atom stereocenters. The number of unbranched alkanes of at least 4 members (excludes halogenated alkanes) is 3. The van der Waals surface area contributed by atoms with Crippen LogP contribution in [0, 0.1) is 18.3 Å². The molecule has 0 radical (unpaired) electrons. The van der Waals surface area contributed by atoms with Crippen molar-refractivity contribution in [3.05, 3.63) is 34.8 Å². The molecule has 1 aromatic carbocycles. The van der Waals surface area contributed by atoms with Gasteiger partial charge >= 0.3 is 6.03 Å². The van der Waals surface area contributed by atoms with Gasteiger partial charge in [-0.3, -0.25) is 19.1 Å². The molecule has 2 aromatic heterocycles. The van der Waals surface area contributed by atoms with E-state index in [4.69, 9.17) is 24.9 Å². The smallest absolute Gasteiger partial charge is 0.318 e. The van der Waals surface area contributed by atoms with Gasteiger partial charge in [0.15, 0.2) is 0 Å². The van der Waals surface area contributed by atoms with Gasteiger partial charge in [0.1, 0.15) is 45.9 Å². The SMILES string of the molecule is COc1ccc2c(OC3CC(C(=O)NC4(C(=O)NSC5CC5)CC4C)N(C(=O)C(CCCCCC=N)NC(=O)N(C)C(C)(C)C)C3)cc(-c3nc(C4CC4)cs3)nc2c1C. The maximum Gasteiger partial charge on any atom is 0.318 e. The number of carbonyl (C=O) groups excluding carboxylic acids is 4. The lowest BCUT2D eigenvalue weighted by Crippen LogP contribution is -2.58. The van der Waals surface area contributed by atoms with Gasteiger partial charge in [0.25, 0.3) is 5.91 Å². The van der Waals surface area contributed by atoms with E-state index in [1.165, 1.54) is 18.2 Å². The second kappa shape index (κ2) is 17.9. The van der Waals surface area contributed by atoms with Crippen molar-refractivity contribution < 1.29 is 28.7 Å². The predicted molar refractivity (Wildman–Crippen MR) is 236 cm³/mol. The molecule has 5 amide bonds. The molecule has 3 aliphatic carbocycles. The van der Waals surface area contributed by atoms with Crippen molar-refractivity contribution in [1.82, 2.24) is 35.1 Å². The van der Waals surface area contributed by atoms with E-state index < -0.39 is 41.2 Å². The second-order valence-corrected chi connectivity index (χ2v) is 20.0. The monoisotopic (exact) mass is 860 g/mol. The van der Waals surface area contributed by atoms with Gasteiger partial charge in [-0.25, -0.2) is 14.8 Å². The number of fused-ring (bicyclic) bond motifs is 1. The summed E-state index contributed by atoms with van der Waals surface area (Å²) in [6.45, 7) is 9.74. The number of benzene rings is 1. The average molecular weight is 861 g/mol. The standard InChI is InChI=1S/C44H60N8O6S2/c1-25-22-44(25,41(55)50-60-29-15-16-29)49-38(53)34-20-28(23-52(34)40(54)31(12-10-8-9-11-19-45)48-42(56)51(6)43(3,4)5)58-36-21-32(39-47-33(24-59-39)27-13-14-27)46-37-26(2)35(57-7)18-17-30(36)37/h17-19,21,24-25,27-29,31,34,45H,8-16,20,22-23H2,1-7H3,(H,48,56)(H,49,53)(H,50,55). The van der Waals surface area contributed by atoms with Crippen molar-refractivity contribution in [1.29, 1.82) is 5.41 Å². The molecular formula is C44H60N8O6S2. The zero-order chi connectivity index (χ0) is 42.9. The second-order valence-electron chi connectivity index (χ2n) is 18.0. The number of carbonyl (C=O) groups is 4. The molecule has 4 aliphatic rings. The third-order valence-electron chi connectivity index (χ3n) is 12.4. The minimum Gasteiger partial charge on any atom is -0.496 e. The summed E-state index contributed by atoms with van der Waals surface area (Å²) in [7, 11) is 3.32. The van der Waals surface area contributed by atoms with Crippen LogP contribution in [0.3, 0.4) is 0 Å². The van der Waals surface area contributed by atoms with E-state index in [-0.39, 0.29) is 30.7 Å². The highest BCUT2D eigenvalue weighted by Gasteiger charge is 2.60. The number of urea groups is 1. The van der Waals surface area contributed by atoms with E-state index in [9.17, 15) is 19.2 Å². The number of aromatic nitrogens is 2. The average Bonchev–Trinajstić information content (AvgIpc) is 4.19. The minimum absolute atomic E-state index is 0.0760. The normalized spacial score (nSPS) is 22.9. The number of methoxy groups -OCH3 is 1. The quantitative estimate of drug-likeness (QED) is 0.0589. The van der Waals surface area contributed by atoms with Crippen LogP contribution in [-0.4, -0.2) is 105 Å². The Morgan fingerprint density at radius 3 is 2.52 bits per heavy atom. The van der Waals surface area contributed by atoms with Gasteiger partial charge in [0, 0.05) is 52.6 Å². The zero-order valence-corrected chi connectivity index (χ0v) is 37.5. The summed E-state index contributed by atoms with van der Waals surface area (Å²) in [5.41, 5.74) is 1.73. The third-order valence-corrected chi connectivity index (χ3v) is 14.4. The summed E-state index contributed by atoms with van der Waals surface area (Å²) < 4.78 is 15.5. The number of aryl methyl sites for hydroxylation is 1. The van der Waals surface area contributed by atoms with Gasteiger partial charge < -0.3 is 35.3 Å². The van der Waals surface area contributed by atoms with Gasteiger partial charge in [-0.15, -0.1) is 11.3 Å². The molecule has 4 fully saturated rings. The number of pyridine rings is 1. The van der Waals surface area contributed by atoms with Gasteiger partial charge in [-0.1, -0.05) is 19.8 Å². The first-order valence-corrected chi connectivity index (χ1v) is 23.1. The van der Waals surface area contributed by atoms with Crippen LogP contribution in [0.1, 0.15) is 115 Å². The number of ether oxygens (including phenoxy) is 2. The van der Waals surface area contributed by atoms with Crippen LogP contribution >= 0.6 is 23.3 Å². The minimum atomic E-state index is -1.07. The van der Waals surface area contributed by atoms with E-state index in [1.807, 2.05) is 52.8 Å². The molecule has 1 aliphatic heterocycles. The first-order valence-electron chi connectivity index (χ1n) is 21.4. The van der Waals surface area contributed by atoms with E-state index in [0.717, 1.165) is 60.2 Å². The topological polar surface area (TPSA) is 179 Å². The van der Waals surface area contributed by atoms with Crippen LogP contribution in [0.15, 0.2) is 23.6 Å². The summed E-state index contributed by atoms with van der Waals surface area (Å²) in [4.78, 5) is 69.8. The van der Waals surface area contributed by atoms with Crippen molar-refractivity contribution in [2.45, 2.75) is 146 Å². The lowest BCUT2D eigenvalue weighted by atomic mass is 10.0. The molecule has 3 saturated carbocycles. The van der Waals surface area contributed by atoms with E-state index >= 15 is 0 Å². The molecule has 3 aromatic rings. The molecule has 5 atom stereocenters. The summed E-state index contributed by atoms with van der Waals surface area (Å²) >= 11 is 2.96. The number of nitrogens with zero attached hydrogens (tertiary/aromatic N) is 4. The Bertz CT molecular complexity index is 2110. The highest BCUT2D eigenvalue weighted by molar-refractivity contribution is 7.98. The number of likely N-dealkylation sites (tertiary alicyclic amines) is 1. The highest BCUT2D eigenvalue weighted by atomic mass is 32.2. The number of rotatable bonds is 18. The molecule has 0 spiro atoms. The van der Waals surface area contributed by atoms with Crippen molar-refractivity contribution in [2.24, 2.45) is 5.92 Å². The maximum absolute atomic E-state index is 14.9. The zero-order valence-electron chi connectivity index (χ0n) is 35.9. The molecule has 14 nitrogen and oxygen atoms in total. The largest absolute Gasteiger partial charge is 0.496 e. The molecule has 3 heterocycles. The fourth-order valence-corrected chi connectivity index (χ4v) is 9.49. The van der Waals surface area contributed by atoms with Gasteiger partial charge in [-0.2, -0.15) is 0 Å². The summed E-state index contributed by atoms with van der Waals surface area (Å²) in [5.74, 6) is 0.621. The Hall–Kier alpha value is -4.44. The Morgan fingerprint density at radius 1 is 1.12 bits per heavy atom. The Morgan fingerprint density at radius 2 is 1.87 bits per heavy atom. The van der Waals surface area contributed by atoms with Gasteiger partial charge in [-0.05, 0) is 115 Å². The third kappa shape index (κ3) is 9.69. The first kappa shape index (κ1) is 43.6. The van der Waals surface area contributed by atoms with E-state index in [0.29, 0.717) is 59.6 Å². The van der Waals surface area contributed by atoms with Gasteiger partial charge in [0.2, 0.25) is 11.8 Å². The van der Waals surface area contributed by atoms with Crippen molar-refractivity contribution in [3.8, 4) is 22.2 Å². The number of hydrogen-bond acceptors (Lipinski definition) is 11. The van der Waals surface area contributed by atoms with Crippen LogP contribution in [0.2, 0.25) is 0 Å². The number of nitrogens with one attached hydrogen (secondary N) is 4. The highest BCUT2D eigenvalue weighted by Crippen LogP contribution is 2.46. The maximum atomic E-state index is 14.9. The molecule has 16 heteroatoms.